The molecule has 0 spiro atoms. The summed E-state index contributed by atoms with van der Waals surface area (Å²) in [5, 5.41) is 0. The fourth-order valence-electron chi connectivity index (χ4n) is 3.03. The number of piperidine rings is 1. The van der Waals surface area contributed by atoms with Crippen molar-refractivity contribution < 1.29 is 4.79 Å². The average Bonchev–Trinajstić information content (AvgIpc) is 2.35. The van der Waals surface area contributed by atoms with Gasteiger partial charge in [0.2, 0.25) is 0 Å². The third kappa shape index (κ3) is 4.17. The second-order valence-corrected chi connectivity index (χ2v) is 6.10. The van der Waals surface area contributed by atoms with E-state index in [4.69, 9.17) is 0 Å². The molecule has 1 aromatic carbocycles. The second-order valence-electron chi connectivity index (χ2n) is 6.10. The molecule has 0 aromatic heterocycles. The number of hydrogen-bond acceptors (Lipinski definition) is 2. The summed E-state index contributed by atoms with van der Waals surface area (Å²) in [7, 11) is 0. The number of carbonyl (C=O) groups is 1. The lowest BCUT2D eigenvalue weighted by atomic mass is 9.99. The molecular weight excluding hydrogens is 234 g/mol. The van der Waals surface area contributed by atoms with Crippen molar-refractivity contribution in [3.63, 3.8) is 0 Å². The van der Waals surface area contributed by atoms with Gasteiger partial charge in [0, 0.05) is 25.1 Å². The standard InChI is InChI=1S/C17H25NO/c1-13-5-4-7-18(12-13)8-6-17(19)16-10-14(2)9-15(3)11-16/h9-11,13H,4-8,12H2,1-3H3. The van der Waals surface area contributed by atoms with Gasteiger partial charge < -0.3 is 4.90 Å². The van der Waals surface area contributed by atoms with Gasteiger partial charge in [-0.05, 0) is 51.3 Å². The van der Waals surface area contributed by atoms with Gasteiger partial charge in [0.1, 0.15) is 0 Å². The lowest BCUT2D eigenvalue weighted by Crippen LogP contribution is -2.35. The molecule has 0 saturated carbocycles. The van der Waals surface area contributed by atoms with Crippen LogP contribution in [-0.2, 0) is 0 Å². The number of hydrogen-bond donors (Lipinski definition) is 0. The molecule has 2 nitrogen and oxygen atoms in total. The molecule has 0 N–H and O–H groups in total. The van der Waals surface area contributed by atoms with E-state index in [-0.39, 0.29) is 5.78 Å². The lowest BCUT2D eigenvalue weighted by Gasteiger charge is -2.30. The fraction of sp³-hybridized carbons (Fsp3) is 0.588. The van der Waals surface area contributed by atoms with Crippen LogP contribution in [0.1, 0.15) is 47.7 Å². The molecule has 0 bridgehead atoms. The van der Waals surface area contributed by atoms with Crippen LogP contribution in [0.15, 0.2) is 18.2 Å². The molecule has 104 valence electrons. The monoisotopic (exact) mass is 259 g/mol. The van der Waals surface area contributed by atoms with Crippen molar-refractivity contribution in [2.24, 2.45) is 5.92 Å². The Bertz CT molecular complexity index is 432. The van der Waals surface area contributed by atoms with E-state index in [0.717, 1.165) is 31.1 Å². The highest BCUT2D eigenvalue weighted by molar-refractivity contribution is 5.96. The highest BCUT2D eigenvalue weighted by Gasteiger charge is 2.17. The number of aryl methyl sites for hydroxylation is 2. The molecule has 1 atom stereocenters. The molecular formula is C17H25NO. The smallest absolute Gasteiger partial charge is 0.164 e. The minimum Gasteiger partial charge on any atom is -0.303 e. The van der Waals surface area contributed by atoms with Crippen LogP contribution in [0.4, 0.5) is 0 Å². The van der Waals surface area contributed by atoms with Crippen molar-refractivity contribution in [1.82, 2.24) is 4.90 Å². The van der Waals surface area contributed by atoms with Crippen LogP contribution in [0.25, 0.3) is 0 Å². The highest BCUT2D eigenvalue weighted by atomic mass is 16.1. The molecule has 0 radical (unpaired) electrons. The molecule has 19 heavy (non-hydrogen) atoms. The number of nitrogens with zero attached hydrogens (tertiary/aromatic N) is 1. The van der Waals surface area contributed by atoms with E-state index in [1.807, 2.05) is 12.1 Å². The molecule has 1 fully saturated rings. The van der Waals surface area contributed by atoms with Gasteiger partial charge >= 0.3 is 0 Å². The summed E-state index contributed by atoms with van der Waals surface area (Å²) < 4.78 is 0. The number of benzene rings is 1. The Kier molecular flexibility index (Phi) is 4.76. The zero-order chi connectivity index (χ0) is 13.8. The van der Waals surface area contributed by atoms with E-state index in [1.165, 1.54) is 24.0 Å². The SMILES string of the molecule is Cc1cc(C)cc(C(=O)CCN2CCCC(C)C2)c1. The van der Waals surface area contributed by atoms with Crippen LogP contribution in [0.2, 0.25) is 0 Å². The van der Waals surface area contributed by atoms with Gasteiger partial charge in [-0.3, -0.25) is 4.79 Å². The van der Waals surface area contributed by atoms with Crippen LogP contribution in [0, 0.1) is 19.8 Å². The van der Waals surface area contributed by atoms with Crippen molar-refractivity contribution in [3.8, 4) is 0 Å². The Balaban J connectivity index is 1.90. The number of likely N-dealkylation sites (tertiary alicyclic amines) is 1. The Labute approximate surface area is 116 Å². The maximum absolute atomic E-state index is 12.2. The Morgan fingerprint density at radius 2 is 1.95 bits per heavy atom. The van der Waals surface area contributed by atoms with Crippen LogP contribution < -0.4 is 0 Å². The van der Waals surface area contributed by atoms with Gasteiger partial charge in [-0.1, -0.05) is 24.1 Å². The molecule has 1 aliphatic heterocycles. The van der Waals surface area contributed by atoms with E-state index < -0.39 is 0 Å². The van der Waals surface area contributed by atoms with Crippen LogP contribution in [0.5, 0.6) is 0 Å². The van der Waals surface area contributed by atoms with Gasteiger partial charge in [-0.15, -0.1) is 0 Å². The number of ketones is 1. The van der Waals surface area contributed by atoms with Crippen LogP contribution in [-0.4, -0.2) is 30.3 Å². The van der Waals surface area contributed by atoms with Gasteiger partial charge in [0.25, 0.3) is 0 Å². The molecule has 2 rings (SSSR count). The Morgan fingerprint density at radius 1 is 1.26 bits per heavy atom. The van der Waals surface area contributed by atoms with Gasteiger partial charge in [-0.2, -0.15) is 0 Å². The lowest BCUT2D eigenvalue weighted by molar-refractivity contribution is 0.0949. The molecule has 1 heterocycles. The normalized spacial score (nSPS) is 20.5. The zero-order valence-electron chi connectivity index (χ0n) is 12.4. The third-order valence-electron chi connectivity index (χ3n) is 3.94. The predicted octanol–water partition coefficient (Wildman–Crippen LogP) is 3.61. The van der Waals surface area contributed by atoms with Crippen molar-refractivity contribution >= 4 is 5.78 Å². The predicted molar refractivity (Wildman–Crippen MR) is 79.7 cm³/mol. The minimum absolute atomic E-state index is 0.282. The summed E-state index contributed by atoms with van der Waals surface area (Å²) >= 11 is 0. The van der Waals surface area contributed by atoms with E-state index in [2.05, 4.69) is 31.7 Å². The quantitative estimate of drug-likeness (QED) is 0.770. The maximum atomic E-state index is 12.2. The Hall–Kier alpha value is -1.15. The highest BCUT2D eigenvalue weighted by Crippen LogP contribution is 2.16. The van der Waals surface area contributed by atoms with E-state index in [9.17, 15) is 4.79 Å². The first-order chi connectivity index (χ1) is 9.04. The number of Topliss-reactive ketones (excluding diaryl/α,β-unsaturated/α-hetero) is 1. The molecule has 1 unspecified atom stereocenters. The summed E-state index contributed by atoms with van der Waals surface area (Å²) in [5.74, 6) is 1.06. The van der Waals surface area contributed by atoms with Crippen LogP contribution in [0.3, 0.4) is 0 Å². The Morgan fingerprint density at radius 3 is 2.58 bits per heavy atom. The van der Waals surface area contributed by atoms with E-state index >= 15 is 0 Å². The first kappa shape index (κ1) is 14.3. The topological polar surface area (TPSA) is 20.3 Å². The fourth-order valence-corrected chi connectivity index (χ4v) is 3.03. The van der Waals surface area contributed by atoms with Crippen molar-refractivity contribution in [2.75, 3.05) is 19.6 Å². The first-order valence-electron chi connectivity index (χ1n) is 7.38. The van der Waals surface area contributed by atoms with E-state index in [1.54, 1.807) is 0 Å². The summed E-state index contributed by atoms with van der Waals surface area (Å²) in [6.45, 7) is 9.63. The molecule has 2 heteroatoms. The average molecular weight is 259 g/mol. The second kappa shape index (κ2) is 6.33. The van der Waals surface area contributed by atoms with Crippen molar-refractivity contribution in [3.05, 3.63) is 34.9 Å². The van der Waals surface area contributed by atoms with Crippen molar-refractivity contribution in [1.29, 1.82) is 0 Å². The maximum Gasteiger partial charge on any atom is 0.164 e. The van der Waals surface area contributed by atoms with Crippen molar-refractivity contribution in [2.45, 2.75) is 40.0 Å². The molecule has 0 aliphatic carbocycles. The first-order valence-corrected chi connectivity index (χ1v) is 7.38. The largest absolute Gasteiger partial charge is 0.303 e. The van der Waals surface area contributed by atoms with E-state index in [0.29, 0.717) is 6.42 Å². The third-order valence-corrected chi connectivity index (χ3v) is 3.94. The molecule has 1 aromatic rings. The van der Waals surface area contributed by atoms with Gasteiger partial charge in [0.15, 0.2) is 5.78 Å². The molecule has 1 aliphatic rings. The number of carbonyl (C=O) groups excluding carboxylic acids is 1. The van der Waals surface area contributed by atoms with Crippen LogP contribution >= 0.6 is 0 Å². The van der Waals surface area contributed by atoms with Gasteiger partial charge in [-0.25, -0.2) is 0 Å². The molecule has 1 saturated heterocycles. The zero-order valence-corrected chi connectivity index (χ0v) is 12.4. The summed E-state index contributed by atoms with van der Waals surface area (Å²) in [5.41, 5.74) is 3.23. The summed E-state index contributed by atoms with van der Waals surface area (Å²) in [4.78, 5) is 14.7. The van der Waals surface area contributed by atoms with Gasteiger partial charge in [0.05, 0.1) is 0 Å². The summed E-state index contributed by atoms with van der Waals surface area (Å²) in [6.07, 6.45) is 3.26. The minimum atomic E-state index is 0.282. The number of rotatable bonds is 4. The summed E-state index contributed by atoms with van der Waals surface area (Å²) in [6, 6.07) is 6.13. The molecule has 0 amide bonds.